The zero-order valence-corrected chi connectivity index (χ0v) is 10.3. The molecule has 0 unspecified atom stereocenters. The van der Waals surface area contributed by atoms with E-state index in [1.165, 1.54) is 17.0 Å². The highest BCUT2D eigenvalue weighted by Crippen LogP contribution is 2.17. The molecule has 5 heteroatoms. The van der Waals surface area contributed by atoms with Gasteiger partial charge in [0.05, 0.1) is 0 Å². The van der Waals surface area contributed by atoms with Crippen molar-refractivity contribution < 1.29 is 9.13 Å². The smallest absolute Gasteiger partial charge is 0.140 e. The van der Waals surface area contributed by atoms with Crippen LogP contribution in [0.25, 0.3) is 0 Å². The lowest BCUT2D eigenvalue weighted by Crippen LogP contribution is -2.02. The minimum Gasteiger partial charge on any atom is -0.486 e. The van der Waals surface area contributed by atoms with Crippen molar-refractivity contribution in [3.8, 4) is 5.75 Å². The maximum atomic E-state index is 12.7. The van der Waals surface area contributed by atoms with Crippen molar-refractivity contribution in [2.24, 2.45) is 0 Å². The molecule has 0 amide bonds. The van der Waals surface area contributed by atoms with E-state index in [4.69, 9.17) is 4.74 Å². The number of rotatable bonds is 5. The molecule has 0 fully saturated rings. The van der Waals surface area contributed by atoms with E-state index in [-0.39, 0.29) is 5.82 Å². The first kappa shape index (κ1) is 12.0. The maximum absolute atomic E-state index is 12.7. The highest BCUT2D eigenvalue weighted by molar-refractivity contribution is 7.11. The second-order valence-electron chi connectivity index (χ2n) is 3.49. The van der Waals surface area contributed by atoms with Crippen LogP contribution in [0.3, 0.4) is 0 Å². The quantitative estimate of drug-likeness (QED) is 0.888. The molecule has 0 aliphatic heterocycles. The number of hydrogen-bond acceptors (Lipinski definition) is 4. The first-order chi connectivity index (χ1) is 8.28. The molecular formula is C12H13FN2OS. The molecule has 2 rings (SSSR count). The first-order valence-electron chi connectivity index (χ1n) is 5.24. The largest absolute Gasteiger partial charge is 0.486 e. The monoisotopic (exact) mass is 252 g/mol. The van der Waals surface area contributed by atoms with Gasteiger partial charge in [-0.05, 0) is 31.3 Å². The number of nitrogens with one attached hydrogen (secondary N) is 1. The highest BCUT2D eigenvalue weighted by atomic mass is 32.1. The van der Waals surface area contributed by atoms with Crippen LogP contribution in [-0.4, -0.2) is 12.0 Å². The Hall–Kier alpha value is -1.46. The van der Waals surface area contributed by atoms with E-state index < -0.39 is 0 Å². The van der Waals surface area contributed by atoms with Crippen molar-refractivity contribution in [1.29, 1.82) is 0 Å². The summed E-state index contributed by atoms with van der Waals surface area (Å²) in [6, 6.07) is 5.97. The van der Waals surface area contributed by atoms with Gasteiger partial charge in [-0.15, -0.1) is 11.3 Å². The average molecular weight is 252 g/mol. The van der Waals surface area contributed by atoms with Crippen molar-refractivity contribution in [2.45, 2.75) is 13.2 Å². The molecule has 1 N–H and O–H groups in total. The van der Waals surface area contributed by atoms with Crippen molar-refractivity contribution in [3.05, 3.63) is 46.2 Å². The van der Waals surface area contributed by atoms with Crippen LogP contribution in [0.15, 0.2) is 30.5 Å². The van der Waals surface area contributed by atoms with Crippen LogP contribution in [0.5, 0.6) is 5.75 Å². The molecule has 1 aromatic heterocycles. The van der Waals surface area contributed by atoms with Gasteiger partial charge in [-0.1, -0.05) is 0 Å². The normalized spacial score (nSPS) is 10.5. The molecule has 1 aromatic carbocycles. The Balaban J connectivity index is 1.90. The Morgan fingerprint density at radius 1 is 1.35 bits per heavy atom. The van der Waals surface area contributed by atoms with Crippen LogP contribution in [0.1, 0.15) is 9.88 Å². The molecule has 90 valence electrons. The molecule has 0 saturated carbocycles. The van der Waals surface area contributed by atoms with E-state index >= 15 is 0 Å². The Bertz CT molecular complexity index is 470. The summed E-state index contributed by atoms with van der Waals surface area (Å²) in [5, 5.41) is 3.98. The zero-order valence-electron chi connectivity index (χ0n) is 9.44. The van der Waals surface area contributed by atoms with Gasteiger partial charge in [-0.2, -0.15) is 0 Å². The minimum absolute atomic E-state index is 0.261. The van der Waals surface area contributed by atoms with Crippen LogP contribution in [0, 0.1) is 5.82 Å². The van der Waals surface area contributed by atoms with Crippen LogP contribution < -0.4 is 10.1 Å². The van der Waals surface area contributed by atoms with Crippen LogP contribution >= 0.6 is 11.3 Å². The molecule has 1 heterocycles. The summed E-state index contributed by atoms with van der Waals surface area (Å²) in [6.45, 7) is 1.23. The molecule has 0 atom stereocenters. The van der Waals surface area contributed by atoms with E-state index in [2.05, 4.69) is 10.3 Å². The third-order valence-electron chi connectivity index (χ3n) is 2.13. The van der Waals surface area contributed by atoms with Crippen LogP contribution in [0.2, 0.25) is 0 Å². The first-order valence-corrected chi connectivity index (χ1v) is 6.06. The molecule has 0 aliphatic rings. The molecule has 0 aliphatic carbocycles. The van der Waals surface area contributed by atoms with Crippen molar-refractivity contribution in [2.75, 3.05) is 7.05 Å². The SMILES string of the molecule is CNCc1cnc(COc2ccc(F)cc2)s1. The summed E-state index contributed by atoms with van der Waals surface area (Å²) in [5.74, 6) is 0.389. The molecule has 0 bridgehead atoms. The van der Waals surface area contributed by atoms with Gasteiger partial charge in [0.2, 0.25) is 0 Å². The molecule has 0 saturated heterocycles. The number of aromatic nitrogens is 1. The van der Waals surface area contributed by atoms with E-state index in [1.807, 2.05) is 13.2 Å². The van der Waals surface area contributed by atoms with E-state index in [0.29, 0.717) is 12.4 Å². The third-order valence-corrected chi connectivity index (χ3v) is 3.10. The second kappa shape index (κ2) is 5.75. The molecule has 2 aromatic rings. The lowest BCUT2D eigenvalue weighted by Gasteiger charge is -2.02. The summed E-state index contributed by atoms with van der Waals surface area (Å²) in [5.41, 5.74) is 0. The standard InChI is InChI=1S/C12H13FN2OS/c1-14-6-11-7-15-12(17-11)8-16-10-4-2-9(13)3-5-10/h2-5,7,14H,6,8H2,1H3. The maximum Gasteiger partial charge on any atom is 0.140 e. The Morgan fingerprint density at radius 2 is 2.12 bits per heavy atom. The van der Waals surface area contributed by atoms with Gasteiger partial charge in [-0.25, -0.2) is 9.37 Å². The zero-order chi connectivity index (χ0) is 12.1. The highest BCUT2D eigenvalue weighted by Gasteiger charge is 2.02. The van der Waals surface area contributed by atoms with Gasteiger partial charge in [0.15, 0.2) is 0 Å². The van der Waals surface area contributed by atoms with Gasteiger partial charge in [0, 0.05) is 17.6 Å². The van der Waals surface area contributed by atoms with E-state index in [1.54, 1.807) is 23.5 Å². The summed E-state index contributed by atoms with van der Waals surface area (Å²) < 4.78 is 18.2. The summed E-state index contributed by atoms with van der Waals surface area (Å²) in [4.78, 5) is 5.42. The third kappa shape index (κ3) is 3.51. The van der Waals surface area contributed by atoms with Gasteiger partial charge >= 0.3 is 0 Å². The number of benzene rings is 1. The van der Waals surface area contributed by atoms with Gasteiger partial charge < -0.3 is 10.1 Å². The van der Waals surface area contributed by atoms with E-state index in [0.717, 1.165) is 11.6 Å². The molecule has 3 nitrogen and oxygen atoms in total. The Morgan fingerprint density at radius 3 is 2.82 bits per heavy atom. The van der Waals surface area contributed by atoms with Gasteiger partial charge in [0.1, 0.15) is 23.2 Å². The number of ether oxygens (including phenoxy) is 1. The Kier molecular flexibility index (Phi) is 4.06. The summed E-state index contributed by atoms with van der Waals surface area (Å²) >= 11 is 1.61. The van der Waals surface area contributed by atoms with Gasteiger partial charge in [0.25, 0.3) is 0 Å². The number of hydrogen-bond donors (Lipinski definition) is 1. The molecule has 0 radical (unpaired) electrons. The van der Waals surface area contributed by atoms with E-state index in [9.17, 15) is 4.39 Å². The van der Waals surface area contributed by atoms with Crippen molar-refractivity contribution >= 4 is 11.3 Å². The van der Waals surface area contributed by atoms with Crippen LogP contribution in [0.4, 0.5) is 4.39 Å². The fraction of sp³-hybridized carbons (Fsp3) is 0.250. The second-order valence-corrected chi connectivity index (χ2v) is 4.69. The predicted molar refractivity (Wildman–Crippen MR) is 65.6 cm³/mol. The number of nitrogens with zero attached hydrogens (tertiary/aromatic N) is 1. The van der Waals surface area contributed by atoms with Crippen molar-refractivity contribution in [3.63, 3.8) is 0 Å². The molecule has 17 heavy (non-hydrogen) atoms. The lowest BCUT2D eigenvalue weighted by atomic mass is 10.3. The molecule has 0 spiro atoms. The average Bonchev–Trinajstić information content (AvgIpc) is 2.77. The predicted octanol–water partition coefficient (Wildman–Crippen LogP) is 2.58. The fourth-order valence-electron chi connectivity index (χ4n) is 1.35. The van der Waals surface area contributed by atoms with Crippen LogP contribution in [-0.2, 0) is 13.2 Å². The van der Waals surface area contributed by atoms with Crippen molar-refractivity contribution in [1.82, 2.24) is 10.3 Å². The minimum atomic E-state index is -0.261. The topological polar surface area (TPSA) is 34.2 Å². The summed E-state index contributed by atoms with van der Waals surface area (Å²) in [6.07, 6.45) is 1.84. The number of halogens is 1. The summed E-state index contributed by atoms with van der Waals surface area (Å²) in [7, 11) is 1.90. The lowest BCUT2D eigenvalue weighted by molar-refractivity contribution is 0.305. The fourth-order valence-corrected chi connectivity index (χ4v) is 2.19. The van der Waals surface area contributed by atoms with Gasteiger partial charge in [-0.3, -0.25) is 0 Å². The number of thiazole rings is 1. The Labute approximate surface area is 103 Å². The molecular weight excluding hydrogens is 239 g/mol.